The van der Waals surface area contributed by atoms with Crippen molar-refractivity contribution in [2.75, 3.05) is 13.1 Å². The van der Waals surface area contributed by atoms with E-state index in [9.17, 15) is 0 Å². The van der Waals surface area contributed by atoms with Crippen LogP contribution in [-0.2, 0) is 13.1 Å². The molecule has 3 heterocycles. The minimum atomic E-state index is 0.568. The van der Waals surface area contributed by atoms with Crippen molar-refractivity contribution in [3.63, 3.8) is 0 Å². The highest BCUT2D eigenvalue weighted by molar-refractivity contribution is 5.37. The highest BCUT2D eigenvalue weighted by Crippen LogP contribution is 2.32. The van der Waals surface area contributed by atoms with Crippen LogP contribution in [0, 0.1) is 0 Å². The number of benzene rings is 2. The van der Waals surface area contributed by atoms with Crippen molar-refractivity contribution in [1.82, 2.24) is 14.5 Å². The minimum Gasteiger partial charge on any atom is -0.457 e. The molecule has 3 aromatic rings. The molecule has 2 aliphatic rings. The van der Waals surface area contributed by atoms with Crippen molar-refractivity contribution in [3.05, 3.63) is 77.9 Å². The van der Waals surface area contributed by atoms with E-state index >= 15 is 0 Å². The number of nitrogens with zero attached hydrogens (tertiary/aromatic N) is 3. The topological polar surface area (TPSA) is 30.3 Å². The van der Waals surface area contributed by atoms with Gasteiger partial charge in [-0.3, -0.25) is 4.90 Å². The summed E-state index contributed by atoms with van der Waals surface area (Å²) in [6.45, 7) is 20.0. The molecule has 4 nitrogen and oxygen atoms in total. The van der Waals surface area contributed by atoms with Gasteiger partial charge in [0.15, 0.2) is 0 Å². The first-order valence-electron chi connectivity index (χ1n) is 13.4. The van der Waals surface area contributed by atoms with Crippen LogP contribution in [0.15, 0.2) is 61.1 Å². The third-order valence-corrected chi connectivity index (χ3v) is 5.51. The molecule has 0 N–H and O–H groups in total. The Bertz CT molecular complexity index is 919. The van der Waals surface area contributed by atoms with E-state index in [4.69, 9.17) is 4.74 Å². The van der Waals surface area contributed by atoms with Gasteiger partial charge in [-0.2, -0.15) is 0 Å². The number of hydrogen-bond donors (Lipinski definition) is 0. The van der Waals surface area contributed by atoms with Crippen molar-refractivity contribution >= 4 is 0 Å². The number of piperidine rings is 1. The molecule has 188 valence electrons. The standard InChI is InChI=1S/C22H23N3O.4C2H6/c1-4-17-10-21(7-1)26-22-8-2-5-18(11-22)19-6-3-9-24(14-19)15-20-12-23-16-25(20)13-17;4*1-2/h1-2,4-5,7-8,10-12,16,19H,3,6,9,13-15H2;4*1-2H3. The smallest absolute Gasteiger partial charge is 0.127 e. The van der Waals surface area contributed by atoms with Gasteiger partial charge in [0, 0.05) is 25.8 Å². The maximum absolute atomic E-state index is 6.17. The third-order valence-electron chi connectivity index (χ3n) is 5.51. The van der Waals surface area contributed by atoms with Crippen LogP contribution >= 0.6 is 0 Å². The molecule has 0 spiro atoms. The minimum absolute atomic E-state index is 0.568. The zero-order chi connectivity index (χ0) is 25.3. The zero-order valence-corrected chi connectivity index (χ0v) is 22.8. The number of aromatic nitrogens is 2. The molecule has 0 aliphatic carbocycles. The monoisotopic (exact) mass is 465 g/mol. The molecular formula is C30H47N3O. The quantitative estimate of drug-likeness (QED) is 0.333. The van der Waals surface area contributed by atoms with Gasteiger partial charge in [0.25, 0.3) is 0 Å². The van der Waals surface area contributed by atoms with Crippen molar-refractivity contribution in [2.24, 2.45) is 0 Å². The van der Waals surface area contributed by atoms with Gasteiger partial charge >= 0.3 is 0 Å². The van der Waals surface area contributed by atoms with Gasteiger partial charge in [-0.15, -0.1) is 0 Å². The molecule has 2 aliphatic heterocycles. The fourth-order valence-corrected chi connectivity index (χ4v) is 4.19. The van der Waals surface area contributed by atoms with Gasteiger partial charge in [0.05, 0.1) is 12.0 Å². The van der Waals surface area contributed by atoms with Crippen LogP contribution in [0.4, 0.5) is 0 Å². The molecule has 0 amide bonds. The lowest BCUT2D eigenvalue weighted by atomic mass is 9.90. The third kappa shape index (κ3) is 8.32. The van der Waals surface area contributed by atoms with Gasteiger partial charge in [-0.1, -0.05) is 79.7 Å². The van der Waals surface area contributed by atoms with Crippen LogP contribution in [0.5, 0.6) is 11.5 Å². The highest BCUT2D eigenvalue weighted by atomic mass is 16.5. The van der Waals surface area contributed by atoms with Crippen molar-refractivity contribution in [1.29, 1.82) is 0 Å². The van der Waals surface area contributed by atoms with E-state index in [1.807, 2.05) is 74.0 Å². The predicted molar refractivity (Wildman–Crippen MR) is 147 cm³/mol. The van der Waals surface area contributed by atoms with Crippen LogP contribution in [0.1, 0.15) is 91.0 Å². The fourth-order valence-electron chi connectivity index (χ4n) is 4.19. The molecular weight excluding hydrogens is 418 g/mol. The zero-order valence-electron chi connectivity index (χ0n) is 22.8. The molecule has 2 unspecified atom stereocenters. The first-order chi connectivity index (χ1) is 16.8. The SMILES string of the molecule is CC.CC.CC.CC.c1cc2cc(c1)Oc1cccc(c1)C1CCCN(Cc3cncn3C2)C1. The maximum atomic E-state index is 6.17. The largest absolute Gasteiger partial charge is 0.457 e. The molecule has 1 saturated heterocycles. The summed E-state index contributed by atoms with van der Waals surface area (Å²) in [5.74, 6) is 2.39. The summed E-state index contributed by atoms with van der Waals surface area (Å²) in [6.07, 6.45) is 6.44. The lowest BCUT2D eigenvalue weighted by Gasteiger charge is -2.33. The Morgan fingerprint density at radius 2 is 1.50 bits per heavy atom. The first kappa shape index (κ1) is 29.4. The fraction of sp³-hybridized carbons (Fsp3) is 0.500. The first-order valence-corrected chi connectivity index (χ1v) is 13.4. The van der Waals surface area contributed by atoms with Crippen LogP contribution < -0.4 is 4.74 Å². The number of imidazole rings is 1. The molecule has 1 fully saturated rings. The van der Waals surface area contributed by atoms with E-state index in [1.165, 1.54) is 29.7 Å². The summed E-state index contributed by atoms with van der Waals surface area (Å²) in [5.41, 5.74) is 3.89. The molecule has 6 bridgehead atoms. The van der Waals surface area contributed by atoms with Gasteiger partial charge in [0.2, 0.25) is 0 Å². The van der Waals surface area contributed by atoms with E-state index in [-0.39, 0.29) is 0 Å². The van der Waals surface area contributed by atoms with Crippen LogP contribution in [-0.4, -0.2) is 27.5 Å². The van der Waals surface area contributed by atoms with Gasteiger partial charge in [-0.05, 0) is 60.7 Å². The van der Waals surface area contributed by atoms with E-state index in [2.05, 4.69) is 56.9 Å². The number of ether oxygens (including phenoxy) is 1. The molecule has 2 atom stereocenters. The van der Waals surface area contributed by atoms with E-state index < -0.39 is 0 Å². The molecule has 1 aromatic heterocycles. The second-order valence-corrected chi connectivity index (χ2v) is 7.41. The Hall–Kier alpha value is -2.59. The lowest BCUT2D eigenvalue weighted by Crippen LogP contribution is -2.34. The Labute approximate surface area is 209 Å². The van der Waals surface area contributed by atoms with E-state index in [1.54, 1.807) is 0 Å². The molecule has 2 aromatic carbocycles. The summed E-state index contributed by atoms with van der Waals surface area (Å²) in [7, 11) is 0. The van der Waals surface area contributed by atoms with E-state index in [0.717, 1.165) is 37.7 Å². The predicted octanol–water partition coefficient (Wildman–Crippen LogP) is 8.52. The summed E-state index contributed by atoms with van der Waals surface area (Å²) in [5, 5.41) is 0. The lowest BCUT2D eigenvalue weighted by molar-refractivity contribution is 0.196. The Balaban J connectivity index is 0.000000659. The maximum Gasteiger partial charge on any atom is 0.127 e. The molecule has 0 saturated carbocycles. The van der Waals surface area contributed by atoms with Gasteiger partial charge in [-0.25, -0.2) is 4.98 Å². The average molecular weight is 466 g/mol. The summed E-state index contributed by atoms with van der Waals surface area (Å²) >= 11 is 0. The van der Waals surface area contributed by atoms with Crippen molar-refractivity contribution < 1.29 is 4.74 Å². The average Bonchev–Trinajstić information content (AvgIpc) is 3.35. The summed E-state index contributed by atoms with van der Waals surface area (Å²) in [6, 6.07) is 17.0. The van der Waals surface area contributed by atoms with Crippen LogP contribution in [0.25, 0.3) is 0 Å². The molecule has 0 radical (unpaired) electrons. The number of rotatable bonds is 0. The highest BCUT2D eigenvalue weighted by Gasteiger charge is 2.23. The van der Waals surface area contributed by atoms with Gasteiger partial charge in [0.1, 0.15) is 11.5 Å². The second-order valence-electron chi connectivity index (χ2n) is 7.41. The Morgan fingerprint density at radius 3 is 2.24 bits per heavy atom. The molecule has 34 heavy (non-hydrogen) atoms. The number of hydrogen-bond acceptors (Lipinski definition) is 3. The second kappa shape index (κ2) is 16.9. The van der Waals surface area contributed by atoms with Crippen molar-refractivity contribution in [3.8, 4) is 11.5 Å². The summed E-state index contributed by atoms with van der Waals surface area (Å²) < 4.78 is 8.43. The van der Waals surface area contributed by atoms with Crippen LogP contribution in [0.2, 0.25) is 0 Å². The molecule has 4 heteroatoms. The Kier molecular flexibility index (Phi) is 14.7. The van der Waals surface area contributed by atoms with E-state index in [0.29, 0.717) is 5.92 Å². The normalized spacial score (nSPS) is 17.5. The van der Waals surface area contributed by atoms with Crippen LogP contribution in [0.3, 0.4) is 0 Å². The van der Waals surface area contributed by atoms with Gasteiger partial charge < -0.3 is 9.30 Å². The molecule has 5 rings (SSSR count). The number of fused-ring (bicyclic) bond motifs is 8. The Morgan fingerprint density at radius 1 is 0.824 bits per heavy atom. The van der Waals surface area contributed by atoms with Crippen molar-refractivity contribution in [2.45, 2.75) is 87.2 Å². The summed E-state index contributed by atoms with van der Waals surface area (Å²) in [4.78, 5) is 6.97.